The molecule has 0 aromatic heterocycles. The van der Waals surface area contributed by atoms with Crippen molar-refractivity contribution in [1.29, 1.82) is 0 Å². The van der Waals surface area contributed by atoms with E-state index in [9.17, 15) is 13.2 Å². The van der Waals surface area contributed by atoms with Gasteiger partial charge in [-0.2, -0.15) is 13.2 Å². The predicted molar refractivity (Wildman–Crippen MR) is 45.2 cm³/mol. The highest BCUT2D eigenvalue weighted by molar-refractivity contribution is 5.02. The Bertz CT molecular complexity index is 198. The van der Waals surface area contributed by atoms with Gasteiger partial charge >= 0.3 is 6.18 Å². The molecule has 0 aromatic carbocycles. The fourth-order valence-electron chi connectivity index (χ4n) is 1.61. The van der Waals surface area contributed by atoms with Gasteiger partial charge in [0.25, 0.3) is 0 Å². The molecule has 0 bridgehead atoms. The van der Waals surface area contributed by atoms with Gasteiger partial charge in [0.15, 0.2) is 0 Å². The van der Waals surface area contributed by atoms with Gasteiger partial charge in [0.1, 0.15) is 5.70 Å². The number of hydrogen-bond acceptors (Lipinski definition) is 1. The van der Waals surface area contributed by atoms with Crippen molar-refractivity contribution in [2.75, 3.05) is 13.1 Å². The van der Waals surface area contributed by atoms with E-state index >= 15 is 0 Å². The van der Waals surface area contributed by atoms with Crippen LogP contribution in [-0.4, -0.2) is 24.2 Å². The van der Waals surface area contributed by atoms with E-state index in [1.165, 1.54) is 4.90 Å². The van der Waals surface area contributed by atoms with Crippen molar-refractivity contribution in [2.45, 2.75) is 25.9 Å². The smallest absolute Gasteiger partial charge is 0.368 e. The summed E-state index contributed by atoms with van der Waals surface area (Å²) in [5, 5.41) is 0. The van der Waals surface area contributed by atoms with E-state index in [2.05, 4.69) is 6.58 Å². The standard InChI is InChI=1S/C9H14F3N/c1-7-4-3-5-13(6-7)8(2)9(10,11)12/h7H,2-6H2,1H3. The van der Waals surface area contributed by atoms with Gasteiger partial charge in [-0.25, -0.2) is 0 Å². The summed E-state index contributed by atoms with van der Waals surface area (Å²) < 4.78 is 36.7. The van der Waals surface area contributed by atoms with Crippen LogP contribution in [0.1, 0.15) is 19.8 Å². The summed E-state index contributed by atoms with van der Waals surface area (Å²) >= 11 is 0. The Kier molecular flexibility index (Phi) is 2.88. The van der Waals surface area contributed by atoms with Crippen molar-refractivity contribution >= 4 is 0 Å². The number of halogens is 3. The minimum atomic E-state index is -4.27. The molecule has 1 aliphatic rings. The Morgan fingerprint density at radius 3 is 2.54 bits per heavy atom. The number of likely N-dealkylation sites (tertiary alicyclic amines) is 1. The largest absolute Gasteiger partial charge is 0.430 e. The van der Waals surface area contributed by atoms with E-state index in [1.807, 2.05) is 6.92 Å². The number of hydrogen-bond donors (Lipinski definition) is 0. The first-order valence-electron chi connectivity index (χ1n) is 4.42. The number of piperidine rings is 1. The zero-order valence-corrected chi connectivity index (χ0v) is 7.69. The van der Waals surface area contributed by atoms with Crippen LogP contribution in [0.4, 0.5) is 13.2 Å². The second-order valence-corrected chi connectivity index (χ2v) is 3.64. The Balaban J connectivity index is 2.56. The molecule has 0 saturated carbocycles. The Morgan fingerprint density at radius 2 is 2.08 bits per heavy atom. The second-order valence-electron chi connectivity index (χ2n) is 3.64. The SMILES string of the molecule is C=C(N1CCCC(C)C1)C(F)(F)F. The maximum absolute atomic E-state index is 12.2. The van der Waals surface area contributed by atoms with Gasteiger partial charge in [0, 0.05) is 13.1 Å². The lowest BCUT2D eigenvalue weighted by atomic mass is 10.00. The molecule has 4 heteroatoms. The lowest BCUT2D eigenvalue weighted by molar-refractivity contribution is -0.113. The summed E-state index contributed by atoms with van der Waals surface area (Å²) in [4.78, 5) is 1.34. The van der Waals surface area contributed by atoms with Crippen molar-refractivity contribution < 1.29 is 13.2 Å². The average Bonchev–Trinajstić information content (AvgIpc) is 2.01. The van der Waals surface area contributed by atoms with Crippen LogP contribution in [0.5, 0.6) is 0 Å². The summed E-state index contributed by atoms with van der Waals surface area (Å²) in [7, 11) is 0. The van der Waals surface area contributed by atoms with Gasteiger partial charge in [-0.05, 0) is 18.8 Å². The van der Waals surface area contributed by atoms with Crippen molar-refractivity contribution in [1.82, 2.24) is 4.90 Å². The van der Waals surface area contributed by atoms with Crippen LogP contribution < -0.4 is 0 Å². The third-order valence-electron chi connectivity index (χ3n) is 2.37. The van der Waals surface area contributed by atoms with Crippen LogP contribution in [0.15, 0.2) is 12.3 Å². The molecule has 0 N–H and O–H groups in total. The molecule has 1 rings (SSSR count). The normalized spacial score (nSPS) is 24.6. The third-order valence-corrected chi connectivity index (χ3v) is 2.37. The monoisotopic (exact) mass is 193 g/mol. The van der Waals surface area contributed by atoms with E-state index in [4.69, 9.17) is 0 Å². The minimum Gasteiger partial charge on any atom is -0.368 e. The van der Waals surface area contributed by atoms with Gasteiger partial charge in [0.05, 0.1) is 0 Å². The molecule has 0 aliphatic carbocycles. The first-order chi connectivity index (χ1) is 5.91. The third kappa shape index (κ3) is 2.64. The maximum Gasteiger partial charge on any atom is 0.430 e. The molecule has 1 atom stereocenters. The second kappa shape index (κ2) is 3.60. The summed E-state index contributed by atoms with van der Waals surface area (Å²) in [5.41, 5.74) is -0.695. The first-order valence-corrected chi connectivity index (χ1v) is 4.42. The van der Waals surface area contributed by atoms with E-state index in [0.717, 1.165) is 12.8 Å². The average molecular weight is 193 g/mol. The highest BCUT2D eigenvalue weighted by Crippen LogP contribution is 2.30. The molecule has 0 spiro atoms. The number of alkyl halides is 3. The highest BCUT2D eigenvalue weighted by Gasteiger charge is 2.36. The van der Waals surface area contributed by atoms with Crippen LogP contribution >= 0.6 is 0 Å². The molecule has 0 aromatic rings. The van der Waals surface area contributed by atoms with E-state index in [-0.39, 0.29) is 0 Å². The zero-order valence-electron chi connectivity index (χ0n) is 7.69. The summed E-state index contributed by atoms with van der Waals surface area (Å²) in [6, 6.07) is 0. The van der Waals surface area contributed by atoms with Crippen molar-refractivity contribution in [3.63, 3.8) is 0 Å². The zero-order chi connectivity index (χ0) is 10.1. The maximum atomic E-state index is 12.2. The Morgan fingerprint density at radius 1 is 1.46 bits per heavy atom. The number of allylic oxidation sites excluding steroid dienone is 1. The summed E-state index contributed by atoms with van der Waals surface area (Å²) in [5.74, 6) is 0.341. The Hall–Kier alpha value is -0.670. The molecule has 1 fully saturated rings. The molecular weight excluding hydrogens is 179 g/mol. The molecule has 0 amide bonds. The van der Waals surface area contributed by atoms with Crippen LogP contribution in [0.25, 0.3) is 0 Å². The molecule has 1 nitrogen and oxygen atoms in total. The first kappa shape index (κ1) is 10.4. The van der Waals surface area contributed by atoms with Crippen molar-refractivity contribution in [2.24, 2.45) is 5.92 Å². The molecule has 0 radical (unpaired) electrons. The minimum absolute atomic E-state index is 0.341. The van der Waals surface area contributed by atoms with Gasteiger partial charge in [-0.1, -0.05) is 13.5 Å². The van der Waals surface area contributed by atoms with Gasteiger partial charge in [0.2, 0.25) is 0 Å². The van der Waals surface area contributed by atoms with Crippen LogP contribution in [0.2, 0.25) is 0 Å². The molecule has 1 unspecified atom stereocenters. The summed E-state index contributed by atoms with van der Waals surface area (Å²) in [6.07, 6.45) is -2.42. The van der Waals surface area contributed by atoms with Crippen LogP contribution in [0.3, 0.4) is 0 Å². The van der Waals surface area contributed by atoms with Crippen molar-refractivity contribution in [3.8, 4) is 0 Å². The fraction of sp³-hybridized carbons (Fsp3) is 0.778. The quantitative estimate of drug-likeness (QED) is 0.619. The fourth-order valence-corrected chi connectivity index (χ4v) is 1.61. The molecular formula is C9H14F3N. The number of rotatable bonds is 1. The molecule has 76 valence electrons. The van der Waals surface area contributed by atoms with E-state index < -0.39 is 11.9 Å². The van der Waals surface area contributed by atoms with Crippen LogP contribution in [0, 0.1) is 5.92 Å². The lowest BCUT2D eigenvalue weighted by Crippen LogP contribution is -2.38. The number of nitrogens with zero attached hydrogens (tertiary/aromatic N) is 1. The van der Waals surface area contributed by atoms with Gasteiger partial charge < -0.3 is 4.90 Å². The lowest BCUT2D eigenvalue weighted by Gasteiger charge is -2.34. The molecule has 13 heavy (non-hydrogen) atoms. The summed E-state index contributed by atoms with van der Waals surface area (Å²) in [6.45, 7) is 6.03. The van der Waals surface area contributed by atoms with Gasteiger partial charge in [-0.15, -0.1) is 0 Å². The molecule has 1 aliphatic heterocycles. The van der Waals surface area contributed by atoms with Gasteiger partial charge in [-0.3, -0.25) is 0 Å². The van der Waals surface area contributed by atoms with Crippen LogP contribution in [-0.2, 0) is 0 Å². The Labute approximate surface area is 76.2 Å². The molecule has 1 heterocycles. The van der Waals surface area contributed by atoms with Crippen molar-refractivity contribution in [3.05, 3.63) is 12.3 Å². The van der Waals surface area contributed by atoms with E-state index in [1.54, 1.807) is 0 Å². The topological polar surface area (TPSA) is 3.24 Å². The predicted octanol–water partition coefficient (Wildman–Crippen LogP) is 2.79. The highest BCUT2D eigenvalue weighted by atomic mass is 19.4. The molecule has 1 saturated heterocycles. The van der Waals surface area contributed by atoms with E-state index in [0.29, 0.717) is 19.0 Å².